The Morgan fingerprint density at radius 2 is 1.93 bits per heavy atom. The molecule has 5 nitrogen and oxygen atoms in total. The first-order chi connectivity index (χ1) is 13.4. The van der Waals surface area contributed by atoms with Gasteiger partial charge in [-0.25, -0.2) is 4.79 Å². The van der Waals surface area contributed by atoms with Crippen LogP contribution in [0.4, 0.5) is 0 Å². The number of esters is 1. The summed E-state index contributed by atoms with van der Waals surface area (Å²) < 4.78 is 11.3. The van der Waals surface area contributed by atoms with Crippen molar-refractivity contribution in [1.29, 1.82) is 0 Å². The molecule has 0 saturated heterocycles. The molecular weight excluding hydrogens is 398 g/mol. The third-order valence-corrected chi connectivity index (χ3v) is 5.42. The number of ether oxygens (including phenoxy) is 1. The van der Waals surface area contributed by atoms with Gasteiger partial charge >= 0.3 is 5.97 Å². The van der Waals surface area contributed by atoms with Crippen LogP contribution in [0.3, 0.4) is 0 Å². The quantitative estimate of drug-likeness (QED) is 0.413. The first kappa shape index (κ1) is 20.6. The lowest BCUT2D eigenvalue weighted by atomic mass is 10.0. The summed E-state index contributed by atoms with van der Waals surface area (Å²) >= 11 is 7.36. The summed E-state index contributed by atoms with van der Waals surface area (Å²) in [4.78, 5) is 14.7. The number of benzene rings is 2. The standard InChI is InChI=1S/C21H22ClNO4S/c1-4-26-20(25)19-18-15(11-23(2)3)16(24)9-10-17(18)27-21(19)28-12-13-5-7-14(22)8-6-13/h5-10,24H,4,11-12H2,1-3H3. The third-order valence-electron chi connectivity index (χ3n) is 4.14. The van der Waals surface area contributed by atoms with Crippen LogP contribution in [0.2, 0.25) is 5.02 Å². The van der Waals surface area contributed by atoms with Gasteiger partial charge in [0.05, 0.1) is 6.61 Å². The number of hydrogen-bond acceptors (Lipinski definition) is 6. The first-order valence-corrected chi connectivity index (χ1v) is 10.2. The molecule has 1 heterocycles. The summed E-state index contributed by atoms with van der Waals surface area (Å²) in [6.07, 6.45) is 0. The van der Waals surface area contributed by atoms with Crippen molar-refractivity contribution in [3.63, 3.8) is 0 Å². The smallest absolute Gasteiger partial charge is 0.343 e. The number of rotatable bonds is 7. The van der Waals surface area contributed by atoms with Crippen LogP contribution >= 0.6 is 23.4 Å². The molecule has 0 aliphatic carbocycles. The number of thioether (sulfide) groups is 1. The Morgan fingerprint density at radius 3 is 2.57 bits per heavy atom. The average Bonchev–Trinajstić information content (AvgIpc) is 3.02. The summed E-state index contributed by atoms with van der Waals surface area (Å²) in [7, 11) is 3.80. The van der Waals surface area contributed by atoms with Crippen molar-refractivity contribution in [2.75, 3.05) is 20.7 Å². The molecule has 0 amide bonds. The van der Waals surface area contributed by atoms with Crippen LogP contribution in [-0.4, -0.2) is 36.7 Å². The van der Waals surface area contributed by atoms with E-state index >= 15 is 0 Å². The fourth-order valence-corrected chi connectivity index (χ4v) is 4.02. The van der Waals surface area contributed by atoms with Crippen LogP contribution in [-0.2, 0) is 17.0 Å². The molecule has 1 N–H and O–H groups in total. The second-order valence-electron chi connectivity index (χ2n) is 6.57. The number of phenolic OH excluding ortho intramolecular Hbond substituents is 1. The summed E-state index contributed by atoms with van der Waals surface area (Å²) in [5.41, 5.74) is 2.62. The molecule has 0 radical (unpaired) electrons. The predicted octanol–water partition coefficient (Wildman–Crippen LogP) is 5.32. The molecule has 28 heavy (non-hydrogen) atoms. The van der Waals surface area contributed by atoms with Gasteiger partial charge in [0.15, 0.2) is 5.09 Å². The van der Waals surface area contributed by atoms with E-state index in [1.807, 2.05) is 43.3 Å². The van der Waals surface area contributed by atoms with Crippen LogP contribution in [0.1, 0.15) is 28.4 Å². The van der Waals surface area contributed by atoms with Crippen molar-refractivity contribution in [3.8, 4) is 5.75 Å². The molecule has 0 aliphatic rings. The van der Waals surface area contributed by atoms with E-state index in [9.17, 15) is 9.90 Å². The molecule has 148 valence electrons. The van der Waals surface area contributed by atoms with Gasteiger partial charge in [0.25, 0.3) is 0 Å². The number of aromatic hydroxyl groups is 1. The molecule has 0 aliphatic heterocycles. The molecule has 1 aromatic heterocycles. The molecule has 3 rings (SSSR count). The number of halogens is 1. The van der Waals surface area contributed by atoms with Crippen LogP contribution in [0, 0.1) is 0 Å². The molecule has 3 aromatic rings. The van der Waals surface area contributed by atoms with Gasteiger partial charge in [0.1, 0.15) is 16.9 Å². The van der Waals surface area contributed by atoms with E-state index in [1.54, 1.807) is 19.1 Å². The second-order valence-corrected chi connectivity index (χ2v) is 7.96. The highest BCUT2D eigenvalue weighted by Crippen LogP contribution is 2.40. The topological polar surface area (TPSA) is 62.9 Å². The van der Waals surface area contributed by atoms with Crippen LogP contribution in [0.25, 0.3) is 11.0 Å². The van der Waals surface area contributed by atoms with Crippen molar-refractivity contribution in [2.24, 2.45) is 0 Å². The van der Waals surface area contributed by atoms with Crippen molar-refractivity contribution in [1.82, 2.24) is 4.90 Å². The Balaban J connectivity index is 2.06. The lowest BCUT2D eigenvalue weighted by Gasteiger charge is -2.13. The SMILES string of the molecule is CCOC(=O)c1c(SCc2ccc(Cl)cc2)oc2ccc(O)c(CN(C)C)c12. The Labute approximate surface area is 173 Å². The van der Waals surface area contributed by atoms with E-state index < -0.39 is 5.97 Å². The molecule has 0 spiro atoms. The molecular formula is C21H22ClNO4S. The molecule has 0 unspecified atom stereocenters. The maximum absolute atomic E-state index is 12.7. The molecule has 0 saturated carbocycles. The zero-order chi connectivity index (χ0) is 20.3. The molecule has 0 fully saturated rings. The van der Waals surface area contributed by atoms with Gasteiger partial charge in [-0.2, -0.15) is 0 Å². The molecule has 0 atom stereocenters. The molecule has 7 heteroatoms. The summed E-state index contributed by atoms with van der Waals surface area (Å²) in [5.74, 6) is 0.283. The Morgan fingerprint density at radius 1 is 1.21 bits per heavy atom. The van der Waals surface area contributed by atoms with Gasteiger partial charge in [0.2, 0.25) is 0 Å². The average molecular weight is 420 g/mol. The van der Waals surface area contributed by atoms with Crippen molar-refractivity contribution < 1.29 is 19.1 Å². The third kappa shape index (κ3) is 4.46. The lowest BCUT2D eigenvalue weighted by Crippen LogP contribution is -2.12. The van der Waals surface area contributed by atoms with Crippen molar-refractivity contribution in [2.45, 2.75) is 24.3 Å². The number of carbonyl (C=O) groups excluding carboxylic acids is 1. The Hall–Kier alpha value is -2.15. The number of hydrogen-bond donors (Lipinski definition) is 1. The maximum atomic E-state index is 12.7. The Bertz CT molecular complexity index is 982. The predicted molar refractivity (Wildman–Crippen MR) is 112 cm³/mol. The van der Waals surface area contributed by atoms with Crippen LogP contribution < -0.4 is 0 Å². The van der Waals surface area contributed by atoms with Gasteiger partial charge in [-0.1, -0.05) is 35.5 Å². The minimum Gasteiger partial charge on any atom is -0.508 e. The largest absolute Gasteiger partial charge is 0.508 e. The zero-order valence-electron chi connectivity index (χ0n) is 16.0. The van der Waals surface area contributed by atoms with Crippen molar-refractivity contribution in [3.05, 3.63) is 58.1 Å². The van der Waals surface area contributed by atoms with E-state index in [4.69, 9.17) is 20.8 Å². The second kappa shape index (κ2) is 8.90. The monoisotopic (exact) mass is 419 g/mol. The lowest BCUT2D eigenvalue weighted by molar-refractivity contribution is 0.0521. The van der Waals surface area contributed by atoms with Crippen molar-refractivity contribution >= 4 is 40.3 Å². The highest BCUT2D eigenvalue weighted by Gasteiger charge is 2.26. The number of fused-ring (bicyclic) bond motifs is 1. The van der Waals surface area contributed by atoms with Crippen LogP contribution in [0.5, 0.6) is 5.75 Å². The van der Waals surface area contributed by atoms with E-state index in [0.717, 1.165) is 5.56 Å². The van der Waals surface area contributed by atoms with E-state index in [2.05, 4.69) is 0 Å². The molecule has 0 bridgehead atoms. The summed E-state index contributed by atoms with van der Waals surface area (Å²) in [6, 6.07) is 10.8. The summed E-state index contributed by atoms with van der Waals surface area (Å²) in [5, 5.41) is 12.2. The van der Waals surface area contributed by atoms with Gasteiger partial charge in [0, 0.05) is 28.3 Å². The number of furan rings is 1. The van der Waals surface area contributed by atoms with E-state index in [-0.39, 0.29) is 12.4 Å². The summed E-state index contributed by atoms with van der Waals surface area (Å²) in [6.45, 7) is 2.49. The van der Waals surface area contributed by atoms with E-state index in [0.29, 0.717) is 44.5 Å². The highest BCUT2D eigenvalue weighted by atomic mass is 35.5. The van der Waals surface area contributed by atoms with Gasteiger partial charge in [-0.3, -0.25) is 0 Å². The number of nitrogens with zero attached hydrogens (tertiary/aromatic N) is 1. The fraction of sp³-hybridized carbons (Fsp3) is 0.286. The minimum atomic E-state index is -0.453. The zero-order valence-corrected chi connectivity index (χ0v) is 17.6. The van der Waals surface area contributed by atoms with Gasteiger partial charge in [-0.15, -0.1) is 0 Å². The fourth-order valence-electron chi connectivity index (χ4n) is 2.92. The Kier molecular flexibility index (Phi) is 6.54. The highest BCUT2D eigenvalue weighted by molar-refractivity contribution is 7.98. The first-order valence-electron chi connectivity index (χ1n) is 8.87. The number of phenols is 1. The molecule has 2 aromatic carbocycles. The van der Waals surface area contributed by atoms with Crippen LogP contribution in [0.15, 0.2) is 45.9 Å². The maximum Gasteiger partial charge on any atom is 0.343 e. The van der Waals surface area contributed by atoms with Gasteiger partial charge < -0.3 is 19.2 Å². The number of carbonyl (C=O) groups is 1. The normalized spacial score (nSPS) is 11.3. The van der Waals surface area contributed by atoms with Gasteiger partial charge in [-0.05, 0) is 50.8 Å². The minimum absolute atomic E-state index is 0.127. The van der Waals surface area contributed by atoms with E-state index in [1.165, 1.54) is 11.8 Å².